The lowest BCUT2D eigenvalue weighted by Crippen LogP contribution is -2.39. The fourth-order valence-corrected chi connectivity index (χ4v) is 3.08. The van der Waals surface area contributed by atoms with Crippen molar-refractivity contribution in [3.8, 4) is 0 Å². The summed E-state index contributed by atoms with van der Waals surface area (Å²) in [5, 5.41) is 36.0. The number of carboxylic acids is 2. The zero-order valence-electron chi connectivity index (χ0n) is 18.8. The highest BCUT2D eigenvalue weighted by Gasteiger charge is 2.44. The number of nitrogens with zero attached hydrogens (tertiary/aromatic N) is 2. The Kier molecular flexibility index (Phi) is 10.2. The summed E-state index contributed by atoms with van der Waals surface area (Å²) in [4.78, 5) is 46.7. The SMILES string of the molecule is Nc1ccn([C@@H]2O[C@H](COC(=O)[C@@H](N)Cc3ccccc3)[C@@H](O)[C@@H]2O)c(=O)n1.O=C(O)/C=C\C(=O)O. The van der Waals surface area contributed by atoms with Crippen LogP contribution in [0.1, 0.15) is 11.8 Å². The Morgan fingerprint density at radius 2 is 1.69 bits per heavy atom. The van der Waals surface area contributed by atoms with E-state index >= 15 is 0 Å². The van der Waals surface area contributed by atoms with Crippen LogP contribution in [0.3, 0.4) is 0 Å². The molecule has 1 saturated heterocycles. The Labute approximate surface area is 204 Å². The number of hydrogen-bond acceptors (Lipinski definition) is 11. The van der Waals surface area contributed by atoms with E-state index in [4.69, 9.17) is 31.2 Å². The predicted molar refractivity (Wildman–Crippen MR) is 122 cm³/mol. The van der Waals surface area contributed by atoms with Crippen molar-refractivity contribution in [1.29, 1.82) is 0 Å². The molecule has 1 aromatic heterocycles. The fourth-order valence-electron chi connectivity index (χ4n) is 3.08. The highest BCUT2D eigenvalue weighted by molar-refractivity contribution is 5.89. The maximum Gasteiger partial charge on any atom is 0.351 e. The molecule has 0 amide bonds. The van der Waals surface area contributed by atoms with E-state index in [2.05, 4.69) is 4.98 Å². The highest BCUT2D eigenvalue weighted by Crippen LogP contribution is 2.28. The van der Waals surface area contributed by atoms with Crippen molar-refractivity contribution < 1.29 is 44.3 Å². The zero-order chi connectivity index (χ0) is 26.8. The third-order valence-electron chi connectivity index (χ3n) is 4.82. The molecule has 0 unspecified atom stereocenters. The van der Waals surface area contributed by atoms with Crippen LogP contribution in [0.15, 0.2) is 59.5 Å². The number of aliphatic hydroxyl groups excluding tert-OH is 2. The van der Waals surface area contributed by atoms with Gasteiger partial charge in [0.1, 0.15) is 36.8 Å². The van der Waals surface area contributed by atoms with Gasteiger partial charge in [0.15, 0.2) is 6.23 Å². The number of nitrogen functional groups attached to an aromatic ring is 1. The van der Waals surface area contributed by atoms with E-state index in [1.54, 1.807) is 0 Å². The van der Waals surface area contributed by atoms with E-state index < -0.39 is 54.2 Å². The summed E-state index contributed by atoms with van der Waals surface area (Å²) >= 11 is 0. The van der Waals surface area contributed by atoms with Gasteiger partial charge in [-0.3, -0.25) is 9.36 Å². The van der Waals surface area contributed by atoms with Crippen molar-refractivity contribution in [3.63, 3.8) is 0 Å². The van der Waals surface area contributed by atoms with Crippen LogP contribution in [0.25, 0.3) is 0 Å². The first-order chi connectivity index (χ1) is 17.0. The number of nitrogens with two attached hydrogens (primary N) is 2. The van der Waals surface area contributed by atoms with E-state index in [9.17, 15) is 29.4 Å². The van der Waals surface area contributed by atoms with Crippen LogP contribution < -0.4 is 17.2 Å². The molecule has 0 aliphatic carbocycles. The number of ether oxygens (including phenoxy) is 2. The maximum atomic E-state index is 12.1. The van der Waals surface area contributed by atoms with E-state index in [0.29, 0.717) is 18.6 Å². The smallest absolute Gasteiger partial charge is 0.351 e. The molecule has 5 atom stereocenters. The standard InChI is InChI=1S/C18H22N4O6.C4H4O4/c19-11(8-10-4-2-1-3-5-10)17(25)27-9-12-14(23)15(24)16(28-12)22-7-6-13(20)21-18(22)26;5-3(6)1-2-4(7)8/h1-7,11-12,14-16,23-24H,8-9,19H2,(H2,20,21,26);1-2H,(H,5,6)(H,7,8)/b;2-1-/t11-,12+,14+,15-,16+;/m0./s1. The maximum absolute atomic E-state index is 12.1. The predicted octanol–water partition coefficient (Wildman–Crippen LogP) is -1.73. The van der Waals surface area contributed by atoms with Crippen molar-refractivity contribution in [2.75, 3.05) is 12.3 Å². The molecule has 3 rings (SSSR count). The number of aliphatic hydroxyl groups is 2. The molecule has 1 fully saturated rings. The Hall–Kier alpha value is -4.11. The summed E-state index contributed by atoms with van der Waals surface area (Å²) < 4.78 is 11.6. The number of esters is 1. The van der Waals surface area contributed by atoms with Crippen LogP contribution in [0.5, 0.6) is 0 Å². The molecule has 14 heteroatoms. The monoisotopic (exact) mass is 506 g/mol. The molecule has 8 N–H and O–H groups in total. The van der Waals surface area contributed by atoms with Gasteiger partial charge in [-0.05, 0) is 18.1 Å². The quantitative estimate of drug-likeness (QED) is 0.173. The van der Waals surface area contributed by atoms with Gasteiger partial charge in [0.05, 0.1) is 0 Å². The van der Waals surface area contributed by atoms with Crippen LogP contribution in [0.4, 0.5) is 5.82 Å². The molecule has 0 bridgehead atoms. The van der Waals surface area contributed by atoms with Crippen LogP contribution in [0.2, 0.25) is 0 Å². The minimum Gasteiger partial charge on any atom is -0.478 e. The molecule has 0 saturated carbocycles. The van der Waals surface area contributed by atoms with Gasteiger partial charge in [0.25, 0.3) is 0 Å². The Morgan fingerprint density at radius 1 is 1.08 bits per heavy atom. The van der Waals surface area contributed by atoms with Gasteiger partial charge in [0, 0.05) is 18.3 Å². The largest absolute Gasteiger partial charge is 0.478 e. The van der Waals surface area contributed by atoms with Crippen molar-refractivity contribution in [2.24, 2.45) is 5.73 Å². The molecule has 0 spiro atoms. The molecule has 194 valence electrons. The summed E-state index contributed by atoms with van der Waals surface area (Å²) in [5.41, 5.74) is 11.4. The van der Waals surface area contributed by atoms with Gasteiger partial charge in [-0.2, -0.15) is 4.98 Å². The number of aromatic nitrogens is 2. The fraction of sp³-hybridized carbons (Fsp3) is 0.318. The summed E-state index contributed by atoms with van der Waals surface area (Å²) in [6.45, 7) is -0.326. The number of carbonyl (C=O) groups is 3. The second kappa shape index (κ2) is 13.1. The topological polar surface area (TPSA) is 238 Å². The van der Waals surface area contributed by atoms with Gasteiger partial charge in [-0.15, -0.1) is 0 Å². The third-order valence-corrected chi connectivity index (χ3v) is 4.82. The lowest BCUT2D eigenvalue weighted by Gasteiger charge is -2.17. The second-order valence-electron chi connectivity index (χ2n) is 7.52. The number of carbonyl (C=O) groups excluding carboxylic acids is 1. The second-order valence-corrected chi connectivity index (χ2v) is 7.52. The molecule has 2 heterocycles. The lowest BCUT2D eigenvalue weighted by molar-refractivity contribution is -0.151. The first-order valence-corrected chi connectivity index (χ1v) is 10.5. The Morgan fingerprint density at radius 3 is 2.25 bits per heavy atom. The number of rotatable bonds is 8. The minimum atomic E-state index is -1.41. The number of aliphatic carboxylic acids is 2. The Bertz CT molecular complexity index is 1120. The molecule has 1 aliphatic heterocycles. The van der Waals surface area contributed by atoms with Crippen molar-refractivity contribution in [2.45, 2.75) is 37.0 Å². The van der Waals surface area contributed by atoms with Crippen molar-refractivity contribution in [3.05, 3.63) is 70.8 Å². The van der Waals surface area contributed by atoms with Crippen LogP contribution in [-0.2, 0) is 30.3 Å². The van der Waals surface area contributed by atoms with Gasteiger partial charge in [0.2, 0.25) is 0 Å². The van der Waals surface area contributed by atoms with Crippen molar-refractivity contribution >= 4 is 23.7 Å². The number of benzene rings is 1. The summed E-state index contributed by atoms with van der Waals surface area (Å²) in [6, 6.07) is 9.70. The summed E-state index contributed by atoms with van der Waals surface area (Å²) in [7, 11) is 0. The number of hydrogen-bond donors (Lipinski definition) is 6. The van der Waals surface area contributed by atoms with Crippen molar-refractivity contribution in [1.82, 2.24) is 9.55 Å². The van der Waals surface area contributed by atoms with Crippen LogP contribution in [-0.4, -0.2) is 78.8 Å². The lowest BCUT2D eigenvalue weighted by atomic mass is 10.1. The molecular weight excluding hydrogens is 480 g/mol. The van der Waals surface area contributed by atoms with E-state index in [1.165, 1.54) is 12.3 Å². The molecule has 0 radical (unpaired) electrons. The molecule has 1 aliphatic rings. The van der Waals surface area contributed by atoms with Crippen LogP contribution in [0, 0.1) is 0 Å². The third kappa shape index (κ3) is 8.28. The Balaban J connectivity index is 0.000000493. The first-order valence-electron chi connectivity index (χ1n) is 10.5. The molecular formula is C22H26N4O10. The minimum absolute atomic E-state index is 0.0205. The van der Waals surface area contributed by atoms with Gasteiger partial charge >= 0.3 is 23.6 Å². The highest BCUT2D eigenvalue weighted by atomic mass is 16.6. The van der Waals surface area contributed by atoms with Crippen LogP contribution >= 0.6 is 0 Å². The van der Waals surface area contributed by atoms with E-state index in [0.717, 1.165) is 10.1 Å². The molecule has 14 nitrogen and oxygen atoms in total. The summed E-state index contributed by atoms with van der Waals surface area (Å²) in [6.07, 6.45) is -2.28. The van der Waals surface area contributed by atoms with Gasteiger partial charge in [-0.25, -0.2) is 14.4 Å². The average molecular weight is 506 g/mol. The molecule has 1 aromatic carbocycles. The number of anilines is 1. The summed E-state index contributed by atoms with van der Waals surface area (Å²) in [5.74, 6) is -3.16. The normalized spacial score (nSPS) is 21.9. The molecule has 2 aromatic rings. The zero-order valence-corrected chi connectivity index (χ0v) is 18.8. The average Bonchev–Trinajstić information content (AvgIpc) is 3.10. The van der Waals surface area contributed by atoms with E-state index in [1.807, 2.05) is 30.3 Å². The number of carboxylic acid groups (broad SMARTS) is 2. The molecule has 36 heavy (non-hydrogen) atoms. The van der Waals surface area contributed by atoms with Gasteiger partial charge in [-0.1, -0.05) is 30.3 Å². The van der Waals surface area contributed by atoms with E-state index in [-0.39, 0.29) is 12.4 Å². The van der Waals surface area contributed by atoms with Gasteiger partial charge < -0.3 is 41.4 Å². The first kappa shape index (κ1) is 28.1.